The van der Waals surface area contributed by atoms with E-state index in [9.17, 15) is 9.59 Å². The molecule has 31 heavy (non-hydrogen) atoms. The lowest BCUT2D eigenvalue weighted by molar-refractivity contribution is 0.0965. The number of carbonyl (C=O) groups excluding carboxylic acids is 2. The summed E-state index contributed by atoms with van der Waals surface area (Å²) in [6.07, 6.45) is -0.496. The predicted octanol–water partition coefficient (Wildman–Crippen LogP) is 3.82. The second-order valence-corrected chi connectivity index (χ2v) is 7.54. The van der Waals surface area contributed by atoms with Crippen LogP contribution in [-0.2, 0) is 11.3 Å². The van der Waals surface area contributed by atoms with Gasteiger partial charge in [0, 0.05) is 23.6 Å². The van der Waals surface area contributed by atoms with Crippen LogP contribution in [0.15, 0.2) is 66.7 Å². The minimum absolute atomic E-state index is 0.0294. The number of fused-ring (bicyclic) bond motifs is 4. The van der Waals surface area contributed by atoms with E-state index >= 15 is 0 Å². The van der Waals surface area contributed by atoms with Gasteiger partial charge in [0.25, 0.3) is 5.91 Å². The number of alkyl carbamates (subject to hydrolysis) is 1. The van der Waals surface area contributed by atoms with Gasteiger partial charge in [-0.1, -0.05) is 66.4 Å². The van der Waals surface area contributed by atoms with Crippen LogP contribution in [0.5, 0.6) is 0 Å². The van der Waals surface area contributed by atoms with Crippen LogP contribution in [-0.4, -0.2) is 25.2 Å². The molecule has 152 valence electrons. The summed E-state index contributed by atoms with van der Waals surface area (Å²) in [6.45, 7) is 0.998. The molecule has 5 rings (SSSR count). The average molecular weight is 408 g/mol. The Balaban J connectivity index is 1.18. The van der Waals surface area contributed by atoms with Gasteiger partial charge in [0.1, 0.15) is 6.61 Å². The highest BCUT2D eigenvalue weighted by Gasteiger charge is 2.28. The maximum Gasteiger partial charge on any atom is 0.407 e. The highest BCUT2D eigenvalue weighted by Crippen LogP contribution is 2.44. The molecule has 1 heterocycles. The topological polar surface area (TPSA) is 67.4 Å². The summed E-state index contributed by atoms with van der Waals surface area (Å²) in [5.41, 5.74) is 7.13. The Labute approximate surface area is 180 Å². The van der Waals surface area contributed by atoms with E-state index in [1.807, 2.05) is 36.4 Å². The van der Waals surface area contributed by atoms with E-state index in [0.29, 0.717) is 12.1 Å². The molecule has 0 spiro atoms. The maximum atomic E-state index is 12.2. The first-order chi connectivity index (χ1) is 15.2. The summed E-state index contributed by atoms with van der Waals surface area (Å²) < 4.78 is 5.50. The van der Waals surface area contributed by atoms with Gasteiger partial charge in [-0.05, 0) is 39.9 Å². The number of hydrogen-bond acceptors (Lipinski definition) is 3. The number of ether oxygens (including phenoxy) is 1. The summed E-state index contributed by atoms with van der Waals surface area (Å²) in [5.74, 6) is 5.83. The molecule has 0 atom stereocenters. The second kappa shape index (κ2) is 8.00. The lowest BCUT2D eigenvalue weighted by Crippen LogP contribution is -2.26. The van der Waals surface area contributed by atoms with Crippen LogP contribution in [0, 0.1) is 11.8 Å². The molecule has 0 fully saturated rings. The highest BCUT2D eigenvalue weighted by molar-refractivity contribution is 5.98. The fraction of sp³-hybridized carbons (Fsp3) is 0.154. The summed E-state index contributed by atoms with van der Waals surface area (Å²) in [4.78, 5) is 23.9. The van der Waals surface area contributed by atoms with Crippen molar-refractivity contribution in [3.8, 4) is 23.0 Å². The number of carbonyl (C=O) groups is 2. The van der Waals surface area contributed by atoms with Gasteiger partial charge in [-0.25, -0.2) is 4.79 Å². The molecule has 2 aliphatic rings. The molecule has 3 aromatic rings. The van der Waals surface area contributed by atoms with E-state index in [2.05, 4.69) is 46.7 Å². The van der Waals surface area contributed by atoms with E-state index in [1.54, 1.807) is 6.07 Å². The summed E-state index contributed by atoms with van der Waals surface area (Å²) in [5, 5.41) is 5.46. The molecule has 1 aliphatic heterocycles. The predicted molar refractivity (Wildman–Crippen MR) is 118 cm³/mol. The Kier molecular flexibility index (Phi) is 4.89. The van der Waals surface area contributed by atoms with Crippen molar-refractivity contribution in [2.24, 2.45) is 0 Å². The minimum Gasteiger partial charge on any atom is -0.449 e. The van der Waals surface area contributed by atoms with E-state index < -0.39 is 6.09 Å². The molecule has 1 aliphatic carbocycles. The number of benzene rings is 3. The fourth-order valence-corrected chi connectivity index (χ4v) is 4.20. The van der Waals surface area contributed by atoms with Crippen LogP contribution < -0.4 is 10.6 Å². The van der Waals surface area contributed by atoms with Crippen molar-refractivity contribution in [3.05, 3.63) is 94.5 Å². The zero-order valence-corrected chi connectivity index (χ0v) is 16.8. The minimum atomic E-state index is -0.496. The fourth-order valence-electron chi connectivity index (χ4n) is 4.20. The highest BCUT2D eigenvalue weighted by atomic mass is 16.5. The monoisotopic (exact) mass is 408 g/mol. The van der Waals surface area contributed by atoms with Gasteiger partial charge in [0.2, 0.25) is 0 Å². The molecule has 0 radical (unpaired) electrons. The van der Waals surface area contributed by atoms with Gasteiger partial charge in [-0.3, -0.25) is 4.79 Å². The van der Waals surface area contributed by atoms with Crippen LogP contribution in [0.4, 0.5) is 4.79 Å². The molecular weight excluding hydrogens is 388 g/mol. The van der Waals surface area contributed by atoms with Crippen LogP contribution in [0.2, 0.25) is 0 Å². The van der Waals surface area contributed by atoms with Crippen molar-refractivity contribution >= 4 is 12.0 Å². The van der Waals surface area contributed by atoms with Gasteiger partial charge in [0.15, 0.2) is 0 Å². The van der Waals surface area contributed by atoms with Crippen LogP contribution in [0.1, 0.15) is 38.5 Å². The Morgan fingerprint density at radius 2 is 1.71 bits per heavy atom. The first-order valence-corrected chi connectivity index (χ1v) is 10.2. The Bertz CT molecular complexity index is 1210. The van der Waals surface area contributed by atoms with Crippen molar-refractivity contribution in [1.29, 1.82) is 0 Å². The molecule has 0 unspecified atom stereocenters. The van der Waals surface area contributed by atoms with Crippen molar-refractivity contribution in [2.75, 3.05) is 13.2 Å². The Hall–Kier alpha value is -4.04. The smallest absolute Gasteiger partial charge is 0.407 e. The summed E-state index contributed by atoms with van der Waals surface area (Å²) >= 11 is 0. The summed E-state index contributed by atoms with van der Waals surface area (Å²) in [7, 11) is 0. The SMILES string of the molecule is O=C(NCC#Cc1ccc2c(c1)C(=O)NC2)OCC1c2ccccc2-c2ccccc21. The second-order valence-electron chi connectivity index (χ2n) is 7.54. The van der Waals surface area contributed by atoms with Crippen LogP contribution in [0.3, 0.4) is 0 Å². The zero-order chi connectivity index (χ0) is 21.2. The molecular formula is C26H20N2O3. The first kappa shape index (κ1) is 19.0. The molecule has 0 saturated heterocycles. The molecule has 5 nitrogen and oxygen atoms in total. The Morgan fingerprint density at radius 3 is 2.45 bits per heavy atom. The molecule has 3 aromatic carbocycles. The molecule has 0 bridgehead atoms. The average Bonchev–Trinajstić information content (AvgIpc) is 3.33. The third-order valence-electron chi connectivity index (χ3n) is 5.69. The standard InChI is InChI=1S/C26H20N2O3/c29-25-23-14-17(11-12-18(23)15-28-25)6-5-13-27-26(30)31-16-24-21-9-3-1-7-19(21)20-8-2-4-10-22(20)24/h1-4,7-12,14,24H,13,15-16H2,(H,27,30)(H,28,29). The van der Waals surface area contributed by atoms with Crippen molar-refractivity contribution in [1.82, 2.24) is 10.6 Å². The van der Waals surface area contributed by atoms with Crippen molar-refractivity contribution in [2.45, 2.75) is 12.5 Å². The summed E-state index contributed by atoms with van der Waals surface area (Å²) in [6, 6.07) is 22.0. The van der Waals surface area contributed by atoms with Gasteiger partial charge < -0.3 is 15.4 Å². The van der Waals surface area contributed by atoms with Gasteiger partial charge >= 0.3 is 6.09 Å². The lowest BCUT2D eigenvalue weighted by atomic mass is 9.98. The number of nitrogens with one attached hydrogen (secondary N) is 2. The van der Waals surface area contributed by atoms with E-state index in [1.165, 1.54) is 22.3 Å². The first-order valence-electron chi connectivity index (χ1n) is 10.2. The quantitative estimate of drug-likeness (QED) is 0.648. The lowest BCUT2D eigenvalue weighted by Gasteiger charge is -2.14. The van der Waals surface area contributed by atoms with Crippen LogP contribution in [0.25, 0.3) is 11.1 Å². The van der Waals surface area contributed by atoms with Gasteiger partial charge in [0.05, 0.1) is 6.54 Å². The number of amides is 2. The van der Waals surface area contributed by atoms with E-state index in [4.69, 9.17) is 4.74 Å². The Morgan fingerprint density at radius 1 is 1.00 bits per heavy atom. The van der Waals surface area contributed by atoms with Crippen molar-refractivity contribution in [3.63, 3.8) is 0 Å². The molecule has 2 N–H and O–H groups in total. The van der Waals surface area contributed by atoms with Gasteiger partial charge in [-0.2, -0.15) is 0 Å². The van der Waals surface area contributed by atoms with E-state index in [-0.39, 0.29) is 25.0 Å². The molecule has 5 heteroatoms. The van der Waals surface area contributed by atoms with Gasteiger partial charge in [-0.15, -0.1) is 0 Å². The zero-order valence-electron chi connectivity index (χ0n) is 16.8. The largest absolute Gasteiger partial charge is 0.449 e. The normalized spacial score (nSPS) is 13.4. The number of hydrogen-bond donors (Lipinski definition) is 2. The van der Waals surface area contributed by atoms with Crippen molar-refractivity contribution < 1.29 is 14.3 Å². The third kappa shape index (κ3) is 3.64. The molecule has 0 saturated carbocycles. The molecule has 0 aromatic heterocycles. The third-order valence-corrected chi connectivity index (χ3v) is 5.69. The molecule has 2 amide bonds. The maximum absolute atomic E-state index is 12.2. The number of rotatable bonds is 3. The van der Waals surface area contributed by atoms with E-state index in [0.717, 1.165) is 11.1 Å². The van der Waals surface area contributed by atoms with Crippen LogP contribution >= 0.6 is 0 Å².